The van der Waals surface area contributed by atoms with E-state index in [9.17, 15) is 9.18 Å². The first-order valence-electron chi connectivity index (χ1n) is 6.52. The monoisotopic (exact) mass is 302 g/mol. The molecule has 0 aromatic heterocycles. The van der Waals surface area contributed by atoms with E-state index in [2.05, 4.69) is 5.32 Å². The van der Waals surface area contributed by atoms with E-state index >= 15 is 0 Å². The Hall–Kier alpha value is -1.33. The van der Waals surface area contributed by atoms with Crippen molar-refractivity contribution in [2.24, 2.45) is 0 Å². The lowest BCUT2D eigenvalue weighted by atomic mass is 10.1. The average Bonchev–Trinajstić information content (AvgIpc) is 2.46. The zero-order chi connectivity index (χ0) is 13.7. The van der Waals surface area contributed by atoms with Gasteiger partial charge in [0.2, 0.25) is 0 Å². The Bertz CT molecular complexity index is 428. The smallest absolute Gasteiger partial charge is 0.260 e. The van der Waals surface area contributed by atoms with Gasteiger partial charge >= 0.3 is 0 Å². The van der Waals surface area contributed by atoms with E-state index in [1.165, 1.54) is 24.3 Å². The Morgan fingerprint density at radius 2 is 2.15 bits per heavy atom. The Labute approximate surface area is 124 Å². The minimum absolute atomic E-state index is 0. The summed E-state index contributed by atoms with van der Waals surface area (Å²) in [7, 11) is 1.91. The molecule has 1 saturated heterocycles. The van der Waals surface area contributed by atoms with Crippen molar-refractivity contribution in [3.05, 3.63) is 30.1 Å². The molecule has 1 unspecified atom stereocenters. The minimum atomic E-state index is -0.313. The van der Waals surface area contributed by atoms with E-state index in [0.29, 0.717) is 11.8 Å². The number of likely N-dealkylation sites (tertiary alicyclic amines) is 1. The summed E-state index contributed by atoms with van der Waals surface area (Å²) in [5, 5.41) is 3.19. The number of halogens is 2. The third-order valence-electron chi connectivity index (χ3n) is 3.36. The average molecular weight is 303 g/mol. The highest BCUT2D eigenvalue weighted by Gasteiger charge is 2.22. The fourth-order valence-electron chi connectivity index (χ4n) is 2.21. The van der Waals surface area contributed by atoms with Crippen LogP contribution in [0.5, 0.6) is 5.75 Å². The van der Waals surface area contributed by atoms with E-state index in [0.717, 1.165) is 25.9 Å². The zero-order valence-corrected chi connectivity index (χ0v) is 12.3. The zero-order valence-electron chi connectivity index (χ0n) is 11.5. The fourth-order valence-corrected chi connectivity index (χ4v) is 2.21. The Morgan fingerprint density at radius 3 is 2.80 bits per heavy atom. The second-order valence-electron chi connectivity index (χ2n) is 4.71. The second kappa shape index (κ2) is 8.07. The van der Waals surface area contributed by atoms with Gasteiger partial charge in [-0.3, -0.25) is 4.79 Å². The van der Waals surface area contributed by atoms with Gasteiger partial charge in [0, 0.05) is 19.1 Å². The molecule has 0 bridgehead atoms. The number of carbonyl (C=O) groups is 1. The van der Waals surface area contributed by atoms with Gasteiger partial charge in [-0.05, 0) is 44.2 Å². The van der Waals surface area contributed by atoms with Crippen LogP contribution in [0.2, 0.25) is 0 Å². The number of piperidine rings is 1. The molecule has 112 valence electrons. The normalized spacial score (nSPS) is 18.3. The number of likely N-dealkylation sites (N-methyl/N-ethyl adjacent to an activating group) is 1. The van der Waals surface area contributed by atoms with Crippen molar-refractivity contribution in [3.8, 4) is 5.75 Å². The van der Waals surface area contributed by atoms with Crippen molar-refractivity contribution in [1.29, 1.82) is 0 Å². The highest BCUT2D eigenvalue weighted by molar-refractivity contribution is 5.85. The maximum Gasteiger partial charge on any atom is 0.260 e. The van der Waals surface area contributed by atoms with Crippen LogP contribution in [0.3, 0.4) is 0 Å². The summed E-state index contributed by atoms with van der Waals surface area (Å²) < 4.78 is 18.1. The standard InChI is InChI=1S/C14H19FN2O2.ClH/c1-16-12-3-2-8-17(9-12)14(18)10-19-13-6-4-11(15)5-7-13;/h4-7,12,16H,2-3,8-10H2,1H3;1H. The third-order valence-corrected chi connectivity index (χ3v) is 3.36. The van der Waals surface area contributed by atoms with Gasteiger partial charge in [-0.15, -0.1) is 12.4 Å². The van der Waals surface area contributed by atoms with Crippen LogP contribution in [0.15, 0.2) is 24.3 Å². The molecule has 6 heteroatoms. The van der Waals surface area contributed by atoms with Gasteiger partial charge in [0.1, 0.15) is 11.6 Å². The van der Waals surface area contributed by atoms with Crippen LogP contribution in [-0.4, -0.2) is 43.6 Å². The molecule has 1 aromatic carbocycles. The van der Waals surface area contributed by atoms with Crippen molar-refractivity contribution in [2.45, 2.75) is 18.9 Å². The Balaban J connectivity index is 0.00000200. The van der Waals surface area contributed by atoms with E-state index < -0.39 is 0 Å². The molecular formula is C14H20ClFN2O2. The van der Waals surface area contributed by atoms with Gasteiger partial charge in [0.15, 0.2) is 6.61 Å². The first-order chi connectivity index (χ1) is 9.19. The van der Waals surface area contributed by atoms with Crippen molar-refractivity contribution < 1.29 is 13.9 Å². The van der Waals surface area contributed by atoms with Gasteiger partial charge in [-0.1, -0.05) is 0 Å². The van der Waals surface area contributed by atoms with Crippen LogP contribution in [0.1, 0.15) is 12.8 Å². The number of nitrogens with one attached hydrogen (secondary N) is 1. The molecule has 2 rings (SSSR count). The summed E-state index contributed by atoms with van der Waals surface area (Å²) in [5.41, 5.74) is 0. The Morgan fingerprint density at radius 1 is 1.45 bits per heavy atom. The number of hydrogen-bond acceptors (Lipinski definition) is 3. The van der Waals surface area contributed by atoms with Crippen LogP contribution in [0.25, 0.3) is 0 Å². The minimum Gasteiger partial charge on any atom is -0.484 e. The molecule has 1 aliphatic heterocycles. The number of rotatable bonds is 4. The SMILES string of the molecule is CNC1CCCN(C(=O)COc2ccc(F)cc2)C1.Cl. The van der Waals surface area contributed by atoms with Crippen LogP contribution in [0.4, 0.5) is 4.39 Å². The van der Waals surface area contributed by atoms with Gasteiger partial charge in [-0.2, -0.15) is 0 Å². The maximum atomic E-state index is 12.7. The number of ether oxygens (including phenoxy) is 1. The lowest BCUT2D eigenvalue weighted by molar-refractivity contribution is -0.134. The molecule has 0 spiro atoms. The lowest BCUT2D eigenvalue weighted by Gasteiger charge is -2.32. The molecule has 20 heavy (non-hydrogen) atoms. The number of benzene rings is 1. The fraction of sp³-hybridized carbons (Fsp3) is 0.500. The van der Waals surface area contributed by atoms with Crippen molar-refractivity contribution in [1.82, 2.24) is 10.2 Å². The molecular weight excluding hydrogens is 283 g/mol. The molecule has 0 radical (unpaired) electrons. The van der Waals surface area contributed by atoms with Crippen LogP contribution in [-0.2, 0) is 4.79 Å². The van der Waals surface area contributed by atoms with E-state index in [4.69, 9.17) is 4.74 Å². The summed E-state index contributed by atoms with van der Waals surface area (Å²) in [6.07, 6.45) is 2.10. The molecule has 1 aliphatic rings. The van der Waals surface area contributed by atoms with E-state index in [-0.39, 0.29) is 30.7 Å². The largest absolute Gasteiger partial charge is 0.484 e. The maximum absolute atomic E-state index is 12.7. The number of carbonyl (C=O) groups excluding carboxylic acids is 1. The van der Waals surface area contributed by atoms with Gasteiger partial charge in [0.05, 0.1) is 0 Å². The molecule has 1 aromatic rings. The van der Waals surface area contributed by atoms with E-state index in [1.807, 2.05) is 11.9 Å². The van der Waals surface area contributed by atoms with Gasteiger partial charge < -0.3 is 15.0 Å². The predicted octanol–water partition coefficient (Wildman–Crippen LogP) is 1.84. The molecule has 1 fully saturated rings. The van der Waals surface area contributed by atoms with Crippen molar-refractivity contribution >= 4 is 18.3 Å². The van der Waals surface area contributed by atoms with E-state index in [1.54, 1.807) is 0 Å². The van der Waals surface area contributed by atoms with Crippen molar-refractivity contribution in [2.75, 3.05) is 26.7 Å². The highest BCUT2D eigenvalue weighted by atomic mass is 35.5. The lowest BCUT2D eigenvalue weighted by Crippen LogP contribution is -2.48. The second-order valence-corrected chi connectivity index (χ2v) is 4.71. The first-order valence-corrected chi connectivity index (χ1v) is 6.52. The highest BCUT2D eigenvalue weighted by Crippen LogP contribution is 2.13. The quantitative estimate of drug-likeness (QED) is 0.923. The summed E-state index contributed by atoms with van der Waals surface area (Å²) in [4.78, 5) is 13.8. The van der Waals surface area contributed by atoms with Crippen molar-refractivity contribution in [3.63, 3.8) is 0 Å². The van der Waals surface area contributed by atoms with Crippen LogP contribution < -0.4 is 10.1 Å². The number of hydrogen-bond donors (Lipinski definition) is 1. The Kier molecular flexibility index (Phi) is 6.75. The third kappa shape index (κ3) is 4.65. The molecule has 4 nitrogen and oxygen atoms in total. The summed E-state index contributed by atoms with van der Waals surface area (Å²) in [5.74, 6) is 0.174. The van der Waals surface area contributed by atoms with Crippen LogP contribution >= 0.6 is 12.4 Å². The summed E-state index contributed by atoms with van der Waals surface area (Å²) in [6, 6.07) is 6.04. The topological polar surface area (TPSA) is 41.6 Å². The first kappa shape index (κ1) is 16.7. The molecule has 1 heterocycles. The molecule has 1 amide bonds. The van der Waals surface area contributed by atoms with Crippen LogP contribution in [0, 0.1) is 5.82 Å². The molecule has 0 saturated carbocycles. The predicted molar refractivity (Wildman–Crippen MR) is 77.8 cm³/mol. The summed E-state index contributed by atoms with van der Waals surface area (Å²) in [6.45, 7) is 1.51. The van der Waals surface area contributed by atoms with Gasteiger partial charge in [0.25, 0.3) is 5.91 Å². The molecule has 0 aliphatic carbocycles. The molecule has 1 N–H and O–H groups in total. The van der Waals surface area contributed by atoms with Gasteiger partial charge in [-0.25, -0.2) is 4.39 Å². The summed E-state index contributed by atoms with van der Waals surface area (Å²) >= 11 is 0. The number of nitrogens with zero attached hydrogens (tertiary/aromatic N) is 1. The molecule has 1 atom stereocenters. The number of amides is 1.